The summed E-state index contributed by atoms with van der Waals surface area (Å²) in [6.07, 6.45) is 9.23. The average Bonchev–Trinajstić information content (AvgIpc) is 3.26. The van der Waals surface area contributed by atoms with Crippen LogP contribution in [0, 0.1) is 0 Å². The molecule has 7 heteroatoms. The van der Waals surface area contributed by atoms with Crippen LogP contribution in [0.25, 0.3) is 5.52 Å². The van der Waals surface area contributed by atoms with Crippen LogP contribution in [-0.2, 0) is 5.41 Å². The largest absolute Gasteiger partial charge is 0.355 e. The van der Waals surface area contributed by atoms with Gasteiger partial charge in [0.05, 0.1) is 5.69 Å². The average molecular weight is 392 g/mol. The first-order valence-corrected chi connectivity index (χ1v) is 10.6. The zero-order valence-electron chi connectivity index (χ0n) is 17.7. The molecule has 1 aliphatic carbocycles. The van der Waals surface area contributed by atoms with Crippen molar-refractivity contribution in [3.8, 4) is 0 Å². The topological polar surface area (TPSA) is 62.5 Å². The number of rotatable bonds is 4. The van der Waals surface area contributed by atoms with E-state index in [9.17, 15) is 0 Å². The van der Waals surface area contributed by atoms with E-state index in [1.807, 2.05) is 29.2 Å². The maximum absolute atomic E-state index is 4.82. The Morgan fingerprint density at radius 2 is 1.93 bits per heavy atom. The van der Waals surface area contributed by atoms with Crippen molar-refractivity contribution in [2.45, 2.75) is 57.4 Å². The summed E-state index contributed by atoms with van der Waals surface area (Å²) in [5, 5.41) is 4.77. The molecule has 2 fully saturated rings. The van der Waals surface area contributed by atoms with Crippen molar-refractivity contribution >= 4 is 17.2 Å². The minimum Gasteiger partial charge on any atom is -0.355 e. The Hall–Kier alpha value is -2.70. The molecule has 1 atom stereocenters. The molecule has 7 nitrogen and oxygen atoms in total. The second-order valence-corrected chi connectivity index (χ2v) is 9.41. The number of hydrogen-bond acceptors (Lipinski definition) is 6. The zero-order valence-corrected chi connectivity index (χ0v) is 17.7. The molecule has 1 unspecified atom stereocenters. The van der Waals surface area contributed by atoms with Crippen LogP contribution in [0.2, 0.25) is 0 Å². The van der Waals surface area contributed by atoms with Gasteiger partial charge in [0.15, 0.2) is 5.82 Å². The van der Waals surface area contributed by atoms with Crippen LogP contribution in [0.3, 0.4) is 0 Å². The zero-order chi connectivity index (χ0) is 20.2. The lowest BCUT2D eigenvalue weighted by atomic mass is 9.92. The Morgan fingerprint density at radius 3 is 2.69 bits per heavy atom. The van der Waals surface area contributed by atoms with E-state index in [1.165, 1.54) is 12.8 Å². The summed E-state index contributed by atoms with van der Waals surface area (Å²) in [5.41, 5.74) is 2.19. The molecule has 0 aromatic carbocycles. The highest BCUT2D eigenvalue weighted by atomic mass is 15.3. The third kappa shape index (κ3) is 3.43. The van der Waals surface area contributed by atoms with Crippen LogP contribution < -0.4 is 9.80 Å². The first-order valence-electron chi connectivity index (χ1n) is 10.6. The lowest BCUT2D eigenvalue weighted by Crippen LogP contribution is -2.35. The summed E-state index contributed by atoms with van der Waals surface area (Å²) in [4.78, 5) is 18.7. The van der Waals surface area contributed by atoms with Crippen LogP contribution in [-0.4, -0.2) is 50.7 Å². The van der Waals surface area contributed by atoms with Gasteiger partial charge in [0.2, 0.25) is 0 Å². The van der Waals surface area contributed by atoms with Crippen molar-refractivity contribution in [2.75, 3.05) is 29.9 Å². The highest BCUT2D eigenvalue weighted by molar-refractivity contribution is 5.70. The number of nitrogens with zero attached hydrogens (tertiary/aromatic N) is 7. The number of anilines is 2. The molecule has 3 aromatic heterocycles. The Labute approximate surface area is 171 Å². The normalized spacial score (nSPS) is 19.9. The molecule has 1 aliphatic heterocycles. The predicted molar refractivity (Wildman–Crippen MR) is 115 cm³/mol. The van der Waals surface area contributed by atoms with Gasteiger partial charge < -0.3 is 9.80 Å². The lowest BCUT2D eigenvalue weighted by Gasteiger charge is -2.26. The van der Waals surface area contributed by atoms with Gasteiger partial charge in [0, 0.05) is 56.1 Å². The van der Waals surface area contributed by atoms with Crippen molar-refractivity contribution in [3.63, 3.8) is 0 Å². The Morgan fingerprint density at radius 1 is 1.10 bits per heavy atom. The van der Waals surface area contributed by atoms with Gasteiger partial charge in [-0.1, -0.05) is 20.8 Å². The van der Waals surface area contributed by atoms with E-state index in [0.29, 0.717) is 12.0 Å². The molecular formula is C22H29N7. The smallest absolute Gasteiger partial charge is 0.154 e. The third-order valence-electron chi connectivity index (χ3n) is 6.11. The van der Waals surface area contributed by atoms with E-state index in [2.05, 4.69) is 48.7 Å². The fourth-order valence-corrected chi connectivity index (χ4v) is 4.05. The SMILES string of the molecule is CN(c1ccnc(C2CC2)n1)C1CCN(c2nccn3nc(C(C)(C)C)cc23)C1. The fraction of sp³-hybridized carbons (Fsp3) is 0.545. The van der Waals surface area contributed by atoms with E-state index in [-0.39, 0.29) is 5.41 Å². The molecular weight excluding hydrogens is 362 g/mol. The summed E-state index contributed by atoms with van der Waals surface area (Å²) in [6, 6.07) is 4.62. The molecule has 4 heterocycles. The van der Waals surface area contributed by atoms with Gasteiger partial charge in [-0.3, -0.25) is 0 Å². The molecule has 0 bridgehead atoms. The molecule has 1 saturated heterocycles. The van der Waals surface area contributed by atoms with Crippen LogP contribution in [0.5, 0.6) is 0 Å². The van der Waals surface area contributed by atoms with Gasteiger partial charge in [-0.25, -0.2) is 19.5 Å². The summed E-state index contributed by atoms with van der Waals surface area (Å²) in [5.74, 6) is 3.63. The summed E-state index contributed by atoms with van der Waals surface area (Å²) < 4.78 is 1.96. The highest BCUT2D eigenvalue weighted by Gasteiger charge is 2.31. The molecule has 0 radical (unpaired) electrons. The van der Waals surface area contributed by atoms with E-state index < -0.39 is 0 Å². The Bertz CT molecular complexity index is 1030. The van der Waals surface area contributed by atoms with E-state index >= 15 is 0 Å². The first kappa shape index (κ1) is 18.3. The number of fused-ring (bicyclic) bond motifs is 1. The van der Waals surface area contributed by atoms with Gasteiger partial charge in [0.25, 0.3) is 0 Å². The molecule has 1 saturated carbocycles. The quantitative estimate of drug-likeness (QED) is 0.679. The van der Waals surface area contributed by atoms with Crippen molar-refractivity contribution in [1.82, 2.24) is 24.6 Å². The van der Waals surface area contributed by atoms with Crippen molar-refractivity contribution in [1.29, 1.82) is 0 Å². The molecule has 3 aromatic rings. The fourth-order valence-electron chi connectivity index (χ4n) is 4.05. The standard InChI is InChI=1S/C22H29N7/c1-22(2,3)18-13-17-21(24-10-12-29(17)26-18)28-11-8-16(14-28)27(4)19-7-9-23-20(25-19)15-5-6-15/h7,9-10,12-13,15-16H,5-6,8,11,14H2,1-4H3. The molecule has 2 aliphatic rings. The molecule has 0 N–H and O–H groups in total. The molecule has 0 spiro atoms. The predicted octanol–water partition coefficient (Wildman–Crippen LogP) is 3.41. The second-order valence-electron chi connectivity index (χ2n) is 9.41. The van der Waals surface area contributed by atoms with Crippen LogP contribution in [0.4, 0.5) is 11.6 Å². The summed E-state index contributed by atoms with van der Waals surface area (Å²) in [7, 11) is 2.15. The number of aromatic nitrogens is 5. The van der Waals surface area contributed by atoms with Crippen molar-refractivity contribution in [2.24, 2.45) is 0 Å². The molecule has 152 valence electrons. The second kappa shape index (κ2) is 6.68. The maximum atomic E-state index is 4.82. The Balaban J connectivity index is 1.38. The minimum absolute atomic E-state index is 0.0172. The number of likely N-dealkylation sites (N-methyl/N-ethyl adjacent to an activating group) is 1. The van der Waals surface area contributed by atoms with Crippen molar-refractivity contribution in [3.05, 3.63) is 42.2 Å². The molecule has 5 rings (SSSR count). The summed E-state index contributed by atoms with van der Waals surface area (Å²) >= 11 is 0. The van der Waals surface area contributed by atoms with E-state index in [4.69, 9.17) is 15.1 Å². The monoisotopic (exact) mass is 391 g/mol. The van der Waals surface area contributed by atoms with Crippen LogP contribution >= 0.6 is 0 Å². The van der Waals surface area contributed by atoms with Crippen LogP contribution in [0.1, 0.15) is 57.5 Å². The first-order chi connectivity index (χ1) is 13.9. The van der Waals surface area contributed by atoms with Gasteiger partial charge >= 0.3 is 0 Å². The minimum atomic E-state index is 0.0172. The van der Waals surface area contributed by atoms with Gasteiger partial charge in [-0.05, 0) is 31.4 Å². The van der Waals surface area contributed by atoms with E-state index in [1.54, 1.807) is 0 Å². The van der Waals surface area contributed by atoms with Gasteiger partial charge in [-0.2, -0.15) is 5.10 Å². The highest BCUT2D eigenvalue weighted by Crippen LogP contribution is 2.38. The van der Waals surface area contributed by atoms with Gasteiger partial charge in [-0.15, -0.1) is 0 Å². The molecule has 0 amide bonds. The maximum Gasteiger partial charge on any atom is 0.154 e. The van der Waals surface area contributed by atoms with Crippen molar-refractivity contribution < 1.29 is 0 Å². The number of hydrogen-bond donors (Lipinski definition) is 0. The molecule has 29 heavy (non-hydrogen) atoms. The van der Waals surface area contributed by atoms with Crippen LogP contribution in [0.15, 0.2) is 30.7 Å². The Kier molecular flexibility index (Phi) is 4.22. The lowest BCUT2D eigenvalue weighted by molar-refractivity contribution is 0.562. The van der Waals surface area contributed by atoms with Gasteiger partial charge in [0.1, 0.15) is 17.2 Å². The third-order valence-corrected chi connectivity index (χ3v) is 6.11. The van der Waals surface area contributed by atoms with E-state index in [0.717, 1.165) is 48.2 Å². The summed E-state index contributed by atoms with van der Waals surface area (Å²) in [6.45, 7) is 8.50.